The summed E-state index contributed by atoms with van der Waals surface area (Å²) in [5.41, 5.74) is 9.69. The maximum Gasteiger partial charge on any atom is 0.250 e. The normalized spacial score (nSPS) is 24.5. The van der Waals surface area contributed by atoms with Gasteiger partial charge < -0.3 is 20.1 Å². The molecular weight excluding hydrogens is 436 g/mol. The first-order chi connectivity index (χ1) is 16.5. The minimum atomic E-state index is -1.19. The van der Waals surface area contributed by atoms with Crippen LogP contribution in [0.25, 0.3) is 10.9 Å². The number of amides is 2. The zero-order valence-corrected chi connectivity index (χ0v) is 18.5. The van der Waals surface area contributed by atoms with Gasteiger partial charge in [-0.3, -0.25) is 19.8 Å². The Labute approximate surface area is 196 Å². The number of nitrogens with one attached hydrogen (secondary N) is 1. The highest BCUT2D eigenvalue weighted by molar-refractivity contribution is 5.91. The number of ether oxygens (including phenoxy) is 2. The number of nitrogens with two attached hydrogens (primary N) is 1. The number of fused-ring (bicyclic) bond motifs is 1. The molecule has 3 heterocycles. The Bertz CT molecular complexity index is 1210. The van der Waals surface area contributed by atoms with Gasteiger partial charge >= 0.3 is 0 Å². The molecule has 9 heteroatoms. The van der Waals surface area contributed by atoms with E-state index in [1.54, 1.807) is 16.6 Å². The third kappa shape index (κ3) is 3.87. The number of hydrogen-bond donors (Lipinski definition) is 3. The second-order valence-electron chi connectivity index (χ2n) is 8.71. The van der Waals surface area contributed by atoms with E-state index in [2.05, 4.69) is 4.98 Å². The molecule has 2 aromatic carbocycles. The maximum absolute atomic E-state index is 13.3. The van der Waals surface area contributed by atoms with Gasteiger partial charge in [-0.1, -0.05) is 30.3 Å². The molecule has 1 aromatic heterocycles. The first kappa shape index (κ1) is 22.3. The van der Waals surface area contributed by atoms with Crippen LogP contribution in [0.3, 0.4) is 0 Å². The van der Waals surface area contributed by atoms with Crippen molar-refractivity contribution in [2.45, 2.75) is 24.6 Å². The number of hydroxylamine groups is 1. The van der Waals surface area contributed by atoms with E-state index < -0.39 is 23.4 Å². The van der Waals surface area contributed by atoms with Crippen molar-refractivity contribution in [2.24, 2.45) is 11.7 Å². The van der Waals surface area contributed by atoms with Crippen LogP contribution >= 0.6 is 0 Å². The van der Waals surface area contributed by atoms with Crippen molar-refractivity contribution in [3.8, 4) is 5.75 Å². The van der Waals surface area contributed by atoms with Crippen molar-refractivity contribution in [3.05, 3.63) is 71.9 Å². The Balaban J connectivity index is 1.28. The molecule has 0 aliphatic carbocycles. The van der Waals surface area contributed by atoms with Gasteiger partial charge in [0.05, 0.1) is 30.7 Å². The van der Waals surface area contributed by atoms with Crippen LogP contribution in [0.15, 0.2) is 60.8 Å². The topological polar surface area (TPSA) is 127 Å². The minimum Gasteiger partial charge on any atom is -0.489 e. The van der Waals surface area contributed by atoms with Crippen LogP contribution in [0.5, 0.6) is 5.75 Å². The van der Waals surface area contributed by atoms with Crippen molar-refractivity contribution in [1.29, 1.82) is 0 Å². The summed E-state index contributed by atoms with van der Waals surface area (Å²) in [6.45, 7) is 1.18. The smallest absolute Gasteiger partial charge is 0.250 e. The molecule has 2 amide bonds. The fourth-order valence-corrected chi connectivity index (χ4v) is 4.82. The molecule has 3 atom stereocenters. The van der Waals surface area contributed by atoms with Gasteiger partial charge in [-0.2, -0.15) is 0 Å². The second kappa shape index (κ2) is 9.02. The van der Waals surface area contributed by atoms with E-state index in [0.29, 0.717) is 30.9 Å². The van der Waals surface area contributed by atoms with Gasteiger partial charge in [0, 0.05) is 23.7 Å². The highest BCUT2D eigenvalue weighted by Crippen LogP contribution is 2.35. The standard InChI is InChI=1S/C25H26N4O5/c26-25(10-12-29(24(25)31)22-15-33-14-20(22)23(30)28-32)17-5-7-18(8-6-17)34-13-16-9-11-27-21-4-2-1-3-19(16)21/h1-9,11,20,22,32H,10,12-15,26H2,(H,28,30). The molecule has 3 aromatic rings. The lowest BCUT2D eigenvalue weighted by Crippen LogP contribution is -2.51. The Hall–Kier alpha value is -3.53. The van der Waals surface area contributed by atoms with Crippen LogP contribution in [0.2, 0.25) is 0 Å². The molecule has 3 unspecified atom stereocenters. The average Bonchev–Trinajstić information content (AvgIpc) is 3.47. The molecule has 2 fully saturated rings. The zero-order chi connectivity index (χ0) is 23.7. The van der Waals surface area contributed by atoms with E-state index in [0.717, 1.165) is 16.5 Å². The average molecular weight is 463 g/mol. The number of carbonyl (C=O) groups excluding carboxylic acids is 2. The van der Waals surface area contributed by atoms with Crippen LogP contribution in [-0.4, -0.2) is 52.7 Å². The number of pyridine rings is 1. The van der Waals surface area contributed by atoms with Gasteiger partial charge in [0.15, 0.2) is 0 Å². The van der Waals surface area contributed by atoms with E-state index in [-0.39, 0.29) is 19.1 Å². The van der Waals surface area contributed by atoms with Crippen molar-refractivity contribution >= 4 is 22.7 Å². The zero-order valence-electron chi connectivity index (χ0n) is 18.5. The highest BCUT2D eigenvalue weighted by atomic mass is 16.5. The number of aromatic nitrogens is 1. The van der Waals surface area contributed by atoms with Crippen LogP contribution in [0.1, 0.15) is 17.5 Å². The summed E-state index contributed by atoms with van der Waals surface area (Å²) in [5, 5.41) is 10.0. The summed E-state index contributed by atoms with van der Waals surface area (Å²) in [6.07, 6.45) is 2.18. The fraction of sp³-hybridized carbons (Fsp3) is 0.320. The Morgan fingerprint density at radius 3 is 2.79 bits per heavy atom. The third-order valence-electron chi connectivity index (χ3n) is 6.79. The molecule has 34 heavy (non-hydrogen) atoms. The van der Waals surface area contributed by atoms with E-state index >= 15 is 0 Å². The van der Waals surface area contributed by atoms with Crippen molar-refractivity contribution in [3.63, 3.8) is 0 Å². The lowest BCUT2D eigenvalue weighted by atomic mass is 9.89. The van der Waals surface area contributed by atoms with Gasteiger partial charge in [-0.15, -0.1) is 0 Å². The molecule has 2 saturated heterocycles. The second-order valence-corrected chi connectivity index (χ2v) is 8.71. The fourth-order valence-electron chi connectivity index (χ4n) is 4.82. The molecule has 0 spiro atoms. The van der Waals surface area contributed by atoms with Gasteiger partial charge in [0.25, 0.3) is 5.91 Å². The van der Waals surface area contributed by atoms with Gasteiger partial charge in [-0.25, -0.2) is 5.48 Å². The SMILES string of the molecule is NC1(c2ccc(OCc3ccnc4ccccc34)cc2)CCN(C2COCC2C(=O)NO)C1=O. The Kier molecular flexibility index (Phi) is 5.91. The number of benzene rings is 2. The summed E-state index contributed by atoms with van der Waals surface area (Å²) >= 11 is 0. The summed E-state index contributed by atoms with van der Waals surface area (Å²) in [6, 6.07) is 16.6. The highest BCUT2D eigenvalue weighted by Gasteiger charge is 2.50. The van der Waals surface area contributed by atoms with Gasteiger partial charge in [0.1, 0.15) is 17.9 Å². The molecule has 9 nitrogen and oxygen atoms in total. The number of hydrogen-bond acceptors (Lipinski definition) is 7. The van der Waals surface area contributed by atoms with Crippen LogP contribution in [0, 0.1) is 5.92 Å². The Morgan fingerprint density at radius 2 is 2.00 bits per heavy atom. The molecule has 176 valence electrons. The number of carbonyl (C=O) groups is 2. The van der Waals surface area contributed by atoms with Crippen LogP contribution in [0.4, 0.5) is 0 Å². The lowest BCUT2D eigenvalue weighted by Gasteiger charge is -2.29. The van der Waals surface area contributed by atoms with Crippen LogP contribution in [-0.2, 0) is 26.5 Å². The van der Waals surface area contributed by atoms with Crippen molar-refractivity contribution in [1.82, 2.24) is 15.4 Å². The summed E-state index contributed by atoms with van der Waals surface area (Å²) in [5.74, 6) is -0.778. The minimum absolute atomic E-state index is 0.150. The lowest BCUT2D eigenvalue weighted by molar-refractivity contribution is -0.139. The van der Waals surface area contributed by atoms with E-state index in [4.69, 9.17) is 20.4 Å². The number of para-hydroxylation sites is 1. The molecule has 2 aliphatic heterocycles. The summed E-state index contributed by atoms with van der Waals surface area (Å²) in [4.78, 5) is 31.2. The van der Waals surface area contributed by atoms with Crippen LogP contribution < -0.4 is 16.0 Å². The van der Waals surface area contributed by atoms with E-state index in [9.17, 15) is 9.59 Å². The predicted molar refractivity (Wildman–Crippen MR) is 123 cm³/mol. The molecule has 0 saturated carbocycles. The summed E-state index contributed by atoms with van der Waals surface area (Å²) < 4.78 is 11.4. The molecule has 5 rings (SSSR count). The summed E-state index contributed by atoms with van der Waals surface area (Å²) in [7, 11) is 0. The Morgan fingerprint density at radius 1 is 1.21 bits per heavy atom. The molecule has 0 bridgehead atoms. The van der Waals surface area contributed by atoms with E-state index in [1.165, 1.54) is 0 Å². The van der Waals surface area contributed by atoms with Crippen molar-refractivity contribution < 1.29 is 24.3 Å². The largest absolute Gasteiger partial charge is 0.489 e. The molecule has 0 radical (unpaired) electrons. The molecule has 2 aliphatic rings. The maximum atomic E-state index is 13.3. The van der Waals surface area contributed by atoms with E-state index in [1.807, 2.05) is 54.6 Å². The quantitative estimate of drug-likeness (QED) is 0.376. The number of rotatable bonds is 6. The van der Waals surface area contributed by atoms with Gasteiger partial charge in [0.2, 0.25) is 5.91 Å². The predicted octanol–water partition coefficient (Wildman–Crippen LogP) is 1.72. The third-order valence-corrected chi connectivity index (χ3v) is 6.79. The monoisotopic (exact) mass is 462 g/mol. The molecular formula is C25H26N4O5. The number of likely N-dealkylation sites (tertiary alicyclic amines) is 1. The first-order valence-corrected chi connectivity index (χ1v) is 11.2. The van der Waals surface area contributed by atoms with Crippen molar-refractivity contribution in [2.75, 3.05) is 19.8 Å². The first-order valence-electron chi connectivity index (χ1n) is 11.2. The molecule has 4 N–H and O–H groups in total. The number of nitrogens with zero attached hydrogens (tertiary/aromatic N) is 2. The van der Waals surface area contributed by atoms with Gasteiger partial charge in [-0.05, 0) is 36.2 Å².